The van der Waals surface area contributed by atoms with Crippen LogP contribution < -0.4 is 5.32 Å². The van der Waals surface area contributed by atoms with Crippen LogP contribution in [0.3, 0.4) is 0 Å². The third-order valence-electron chi connectivity index (χ3n) is 3.26. The van der Waals surface area contributed by atoms with Gasteiger partial charge >= 0.3 is 0 Å². The predicted octanol–water partition coefficient (Wildman–Crippen LogP) is 3.34. The number of H-pyrrole nitrogens is 1. The molecule has 1 aromatic heterocycles. The quantitative estimate of drug-likeness (QED) is 0.646. The smallest absolute Gasteiger partial charge is 0.125 e. The van der Waals surface area contributed by atoms with Gasteiger partial charge in [0.1, 0.15) is 10.7 Å². The molecular weight excluding hydrogens is 268 g/mol. The van der Waals surface area contributed by atoms with Gasteiger partial charge in [-0.05, 0) is 23.8 Å². The lowest BCUT2D eigenvalue weighted by Gasteiger charge is -2.09. The molecule has 3 rings (SSSR count). The highest BCUT2D eigenvalue weighted by Crippen LogP contribution is 2.19. The van der Waals surface area contributed by atoms with Crippen molar-refractivity contribution in [2.24, 2.45) is 0 Å². The van der Waals surface area contributed by atoms with Gasteiger partial charge < -0.3 is 15.4 Å². The third-order valence-corrected chi connectivity index (χ3v) is 3.63. The van der Waals surface area contributed by atoms with Gasteiger partial charge in [0, 0.05) is 23.6 Å². The van der Waals surface area contributed by atoms with E-state index in [1.165, 1.54) is 5.39 Å². The average Bonchev–Trinajstić information content (AvgIpc) is 2.88. The van der Waals surface area contributed by atoms with E-state index in [2.05, 4.69) is 16.4 Å². The van der Waals surface area contributed by atoms with E-state index in [1.807, 2.05) is 30.5 Å². The SMILES string of the molecule is Oc1ccccc1C(=S)NCc1c[nH]c2ccccc12. The van der Waals surface area contributed by atoms with E-state index < -0.39 is 0 Å². The lowest BCUT2D eigenvalue weighted by molar-refractivity contribution is 0.474. The number of fused-ring (bicyclic) bond motifs is 1. The first-order valence-electron chi connectivity index (χ1n) is 6.37. The summed E-state index contributed by atoms with van der Waals surface area (Å²) in [6.07, 6.45) is 1.98. The Balaban J connectivity index is 1.77. The number of aromatic nitrogens is 1. The molecule has 4 heteroatoms. The van der Waals surface area contributed by atoms with E-state index in [0.717, 1.165) is 11.1 Å². The Morgan fingerprint density at radius 1 is 1.10 bits per heavy atom. The highest BCUT2D eigenvalue weighted by molar-refractivity contribution is 7.80. The molecule has 3 N–H and O–H groups in total. The van der Waals surface area contributed by atoms with Crippen molar-refractivity contribution >= 4 is 28.1 Å². The van der Waals surface area contributed by atoms with E-state index >= 15 is 0 Å². The van der Waals surface area contributed by atoms with Crippen molar-refractivity contribution in [3.05, 3.63) is 65.9 Å². The number of thiocarbonyl (C=S) groups is 1. The van der Waals surface area contributed by atoms with Gasteiger partial charge in [-0.25, -0.2) is 0 Å². The first-order chi connectivity index (χ1) is 9.75. The van der Waals surface area contributed by atoms with Crippen molar-refractivity contribution in [3.8, 4) is 5.75 Å². The summed E-state index contributed by atoms with van der Waals surface area (Å²) in [5, 5.41) is 14.1. The van der Waals surface area contributed by atoms with Crippen LogP contribution in [0.25, 0.3) is 10.9 Å². The van der Waals surface area contributed by atoms with E-state index in [1.54, 1.807) is 18.2 Å². The van der Waals surface area contributed by atoms with Crippen molar-refractivity contribution in [2.75, 3.05) is 0 Å². The molecule has 0 aliphatic heterocycles. The fraction of sp³-hybridized carbons (Fsp3) is 0.0625. The van der Waals surface area contributed by atoms with Gasteiger partial charge in [0.15, 0.2) is 0 Å². The van der Waals surface area contributed by atoms with Crippen LogP contribution in [0.5, 0.6) is 5.75 Å². The van der Waals surface area contributed by atoms with Crippen molar-refractivity contribution in [2.45, 2.75) is 6.54 Å². The molecule has 0 bridgehead atoms. The lowest BCUT2D eigenvalue weighted by Crippen LogP contribution is -2.21. The zero-order chi connectivity index (χ0) is 13.9. The monoisotopic (exact) mass is 282 g/mol. The van der Waals surface area contributed by atoms with Crippen molar-refractivity contribution in [3.63, 3.8) is 0 Å². The van der Waals surface area contributed by atoms with Crippen LogP contribution in [0.15, 0.2) is 54.7 Å². The Morgan fingerprint density at radius 2 is 1.85 bits per heavy atom. The number of hydrogen-bond donors (Lipinski definition) is 3. The normalized spacial score (nSPS) is 10.6. The maximum absolute atomic E-state index is 9.78. The summed E-state index contributed by atoms with van der Waals surface area (Å²) in [6.45, 7) is 0.622. The second-order valence-corrected chi connectivity index (χ2v) is 4.97. The molecule has 3 nitrogen and oxygen atoms in total. The van der Waals surface area contributed by atoms with Crippen LogP contribution in [0.2, 0.25) is 0 Å². The van der Waals surface area contributed by atoms with Crippen LogP contribution >= 0.6 is 12.2 Å². The summed E-state index contributed by atoms with van der Waals surface area (Å²) >= 11 is 5.32. The molecule has 0 aliphatic carbocycles. The highest BCUT2D eigenvalue weighted by Gasteiger charge is 2.07. The van der Waals surface area contributed by atoms with Gasteiger partial charge in [-0.2, -0.15) is 0 Å². The van der Waals surface area contributed by atoms with Gasteiger partial charge in [0.2, 0.25) is 0 Å². The molecule has 3 aromatic rings. The summed E-state index contributed by atoms with van der Waals surface area (Å²) in [6, 6.07) is 15.2. The Hall–Kier alpha value is -2.33. The average molecular weight is 282 g/mol. The molecular formula is C16H14N2OS. The molecule has 0 radical (unpaired) electrons. The molecule has 20 heavy (non-hydrogen) atoms. The molecule has 1 heterocycles. The van der Waals surface area contributed by atoms with Gasteiger partial charge in [0.05, 0.1) is 5.56 Å². The Bertz CT molecular complexity index is 764. The van der Waals surface area contributed by atoms with Gasteiger partial charge in [-0.15, -0.1) is 0 Å². The molecule has 0 unspecified atom stereocenters. The molecule has 100 valence electrons. The Morgan fingerprint density at radius 3 is 2.70 bits per heavy atom. The molecule has 0 aliphatic rings. The molecule has 0 fully saturated rings. The standard InChI is InChI=1S/C16H14N2OS/c19-15-8-4-2-6-13(15)16(20)18-10-11-9-17-14-7-3-1-5-12(11)14/h1-9,17,19H,10H2,(H,18,20). The number of phenolic OH excluding ortho intramolecular Hbond substituents is 1. The summed E-state index contributed by atoms with van der Waals surface area (Å²) in [5.74, 6) is 0.198. The lowest BCUT2D eigenvalue weighted by atomic mass is 10.1. The van der Waals surface area contributed by atoms with E-state index in [4.69, 9.17) is 12.2 Å². The Kier molecular flexibility index (Phi) is 3.39. The fourth-order valence-electron chi connectivity index (χ4n) is 2.21. The van der Waals surface area contributed by atoms with E-state index in [0.29, 0.717) is 17.1 Å². The zero-order valence-corrected chi connectivity index (χ0v) is 11.6. The number of hydrogen-bond acceptors (Lipinski definition) is 2. The van der Waals surface area contributed by atoms with Crippen molar-refractivity contribution < 1.29 is 5.11 Å². The van der Waals surface area contributed by atoms with Crippen molar-refractivity contribution in [1.82, 2.24) is 10.3 Å². The van der Waals surface area contributed by atoms with Gasteiger partial charge in [-0.1, -0.05) is 42.5 Å². The predicted molar refractivity (Wildman–Crippen MR) is 84.9 cm³/mol. The van der Waals surface area contributed by atoms with E-state index in [9.17, 15) is 5.11 Å². The van der Waals surface area contributed by atoms with E-state index in [-0.39, 0.29) is 5.75 Å². The van der Waals surface area contributed by atoms with Crippen LogP contribution in [-0.2, 0) is 6.54 Å². The third kappa shape index (κ3) is 2.38. The van der Waals surface area contributed by atoms with Crippen LogP contribution in [0.4, 0.5) is 0 Å². The van der Waals surface area contributed by atoms with Gasteiger partial charge in [-0.3, -0.25) is 0 Å². The van der Waals surface area contributed by atoms with Crippen LogP contribution in [0, 0.1) is 0 Å². The molecule has 0 saturated carbocycles. The number of rotatable bonds is 3. The first-order valence-corrected chi connectivity index (χ1v) is 6.78. The largest absolute Gasteiger partial charge is 0.507 e. The first kappa shape index (κ1) is 12.7. The van der Waals surface area contributed by atoms with Crippen molar-refractivity contribution in [1.29, 1.82) is 0 Å². The summed E-state index contributed by atoms with van der Waals surface area (Å²) in [7, 11) is 0. The zero-order valence-electron chi connectivity index (χ0n) is 10.8. The minimum Gasteiger partial charge on any atom is -0.507 e. The molecule has 0 atom stereocenters. The number of aromatic amines is 1. The van der Waals surface area contributed by atoms with Crippen LogP contribution in [-0.4, -0.2) is 15.1 Å². The molecule has 0 amide bonds. The number of aromatic hydroxyl groups is 1. The molecule has 0 saturated heterocycles. The second-order valence-electron chi connectivity index (χ2n) is 4.56. The minimum absolute atomic E-state index is 0.198. The minimum atomic E-state index is 0.198. The number of para-hydroxylation sites is 2. The summed E-state index contributed by atoms with van der Waals surface area (Å²) in [5.41, 5.74) is 2.92. The maximum atomic E-state index is 9.78. The maximum Gasteiger partial charge on any atom is 0.125 e. The summed E-state index contributed by atoms with van der Waals surface area (Å²) < 4.78 is 0. The number of nitrogens with one attached hydrogen (secondary N) is 2. The number of benzene rings is 2. The van der Waals surface area contributed by atoms with Gasteiger partial charge in [0.25, 0.3) is 0 Å². The fourth-order valence-corrected chi connectivity index (χ4v) is 2.46. The molecule has 0 spiro atoms. The highest BCUT2D eigenvalue weighted by atomic mass is 32.1. The summed E-state index contributed by atoms with van der Waals surface area (Å²) in [4.78, 5) is 3.78. The topological polar surface area (TPSA) is 48.0 Å². The molecule has 2 aromatic carbocycles. The number of phenols is 1. The van der Waals surface area contributed by atoms with Crippen LogP contribution in [0.1, 0.15) is 11.1 Å². The second kappa shape index (κ2) is 5.35. The Labute approximate surface area is 122 Å².